The fourth-order valence-corrected chi connectivity index (χ4v) is 5.41. The Bertz CT molecular complexity index is 1400. The lowest BCUT2D eigenvalue weighted by Gasteiger charge is -2.22. The van der Waals surface area contributed by atoms with Crippen molar-refractivity contribution in [2.24, 2.45) is 0 Å². The van der Waals surface area contributed by atoms with Crippen molar-refractivity contribution in [2.75, 3.05) is 10.8 Å². The number of H-pyrrole nitrogens is 1. The molecule has 2 aromatic carbocycles. The molecular formula is C26H29ClN4O3S. The van der Waals surface area contributed by atoms with Crippen molar-refractivity contribution in [1.29, 1.82) is 0 Å². The van der Waals surface area contributed by atoms with Crippen LogP contribution in [0, 0.1) is 0 Å². The SMILES string of the molecule is CCCc1[nH]n(-c2ccc(S(=O)(=O)N(CC)c3ccccc3)cn2)c(=O)c1Cc1ccccc1.Cl. The van der Waals surface area contributed by atoms with Crippen molar-refractivity contribution in [3.05, 3.63) is 106 Å². The lowest BCUT2D eigenvalue weighted by molar-refractivity contribution is 0.591. The fraction of sp³-hybridized carbons (Fsp3) is 0.231. The highest BCUT2D eigenvalue weighted by molar-refractivity contribution is 7.92. The van der Waals surface area contributed by atoms with Crippen LogP contribution in [0.2, 0.25) is 0 Å². The number of anilines is 1. The third-order valence-electron chi connectivity index (χ3n) is 5.67. The highest BCUT2D eigenvalue weighted by atomic mass is 35.5. The summed E-state index contributed by atoms with van der Waals surface area (Å²) in [5.74, 6) is 0.350. The van der Waals surface area contributed by atoms with Gasteiger partial charge in [0, 0.05) is 30.4 Å². The Morgan fingerprint density at radius 3 is 2.17 bits per heavy atom. The van der Waals surface area contributed by atoms with Crippen molar-refractivity contribution in [2.45, 2.75) is 38.0 Å². The second-order valence-electron chi connectivity index (χ2n) is 7.98. The normalized spacial score (nSPS) is 11.1. The monoisotopic (exact) mass is 512 g/mol. The fourth-order valence-electron chi connectivity index (χ4n) is 3.99. The Kier molecular flexibility index (Phi) is 8.53. The number of nitrogens with zero attached hydrogens (tertiary/aromatic N) is 3. The molecule has 4 rings (SSSR count). The van der Waals surface area contributed by atoms with Crippen molar-refractivity contribution in [3.8, 4) is 5.82 Å². The minimum absolute atomic E-state index is 0. The maximum atomic E-state index is 13.3. The number of aryl methyl sites for hydroxylation is 1. The summed E-state index contributed by atoms with van der Waals surface area (Å²) in [6.45, 7) is 4.13. The van der Waals surface area contributed by atoms with Gasteiger partial charge in [-0.15, -0.1) is 12.4 Å². The third-order valence-corrected chi connectivity index (χ3v) is 7.55. The highest BCUT2D eigenvalue weighted by Gasteiger charge is 2.24. The van der Waals surface area contributed by atoms with E-state index in [0.717, 1.165) is 24.1 Å². The largest absolute Gasteiger partial charge is 0.293 e. The zero-order valence-electron chi connectivity index (χ0n) is 19.7. The van der Waals surface area contributed by atoms with Gasteiger partial charge in [0.25, 0.3) is 15.6 Å². The van der Waals surface area contributed by atoms with E-state index in [1.165, 1.54) is 21.3 Å². The van der Waals surface area contributed by atoms with Crippen LogP contribution in [-0.4, -0.2) is 29.7 Å². The summed E-state index contributed by atoms with van der Waals surface area (Å²) in [5.41, 5.74) is 3.04. The lowest BCUT2D eigenvalue weighted by Crippen LogP contribution is -2.30. The van der Waals surface area contributed by atoms with Crippen molar-refractivity contribution in [1.82, 2.24) is 14.8 Å². The number of halogens is 1. The van der Waals surface area contributed by atoms with Crippen LogP contribution in [0.15, 0.2) is 88.7 Å². The van der Waals surface area contributed by atoms with Crippen molar-refractivity contribution in [3.63, 3.8) is 0 Å². The van der Waals surface area contributed by atoms with E-state index in [4.69, 9.17) is 0 Å². The van der Waals surface area contributed by atoms with Crippen LogP contribution in [0.4, 0.5) is 5.69 Å². The number of benzene rings is 2. The summed E-state index contributed by atoms with van der Waals surface area (Å²) in [7, 11) is -3.79. The molecule has 9 heteroatoms. The van der Waals surface area contributed by atoms with Crippen molar-refractivity contribution < 1.29 is 8.42 Å². The number of hydrogen-bond acceptors (Lipinski definition) is 4. The molecule has 0 unspecified atom stereocenters. The molecule has 0 fully saturated rings. The molecule has 7 nitrogen and oxygen atoms in total. The second-order valence-corrected chi connectivity index (χ2v) is 9.84. The zero-order chi connectivity index (χ0) is 24.1. The summed E-state index contributed by atoms with van der Waals surface area (Å²) in [6, 6.07) is 21.9. The first-order valence-corrected chi connectivity index (χ1v) is 12.8. The molecule has 0 bridgehead atoms. The third kappa shape index (κ3) is 5.49. The van der Waals surface area contributed by atoms with Gasteiger partial charge in [0.05, 0.1) is 5.69 Å². The summed E-state index contributed by atoms with van der Waals surface area (Å²) in [5, 5.41) is 3.19. The molecule has 0 aliphatic rings. The van der Waals surface area contributed by atoms with Gasteiger partial charge in [0.15, 0.2) is 5.82 Å². The number of hydrogen-bond donors (Lipinski definition) is 1. The van der Waals surface area contributed by atoms with Gasteiger partial charge in [-0.25, -0.2) is 18.1 Å². The number of rotatable bonds is 9. The first kappa shape index (κ1) is 26.2. The Morgan fingerprint density at radius 1 is 0.943 bits per heavy atom. The molecule has 0 atom stereocenters. The molecule has 0 radical (unpaired) electrons. The average Bonchev–Trinajstić information content (AvgIpc) is 3.16. The van der Waals surface area contributed by atoms with E-state index in [2.05, 4.69) is 17.0 Å². The van der Waals surface area contributed by atoms with Crippen LogP contribution in [0.1, 0.15) is 37.1 Å². The predicted molar refractivity (Wildman–Crippen MR) is 141 cm³/mol. The van der Waals surface area contributed by atoms with Gasteiger partial charge in [-0.05, 0) is 43.2 Å². The lowest BCUT2D eigenvalue weighted by atomic mass is 10.0. The van der Waals surface area contributed by atoms with Gasteiger partial charge in [0.1, 0.15) is 4.90 Å². The zero-order valence-corrected chi connectivity index (χ0v) is 21.3. The van der Waals surface area contributed by atoms with E-state index in [1.807, 2.05) is 36.4 Å². The van der Waals surface area contributed by atoms with Gasteiger partial charge in [0.2, 0.25) is 0 Å². The summed E-state index contributed by atoms with van der Waals surface area (Å²) in [6.07, 6.45) is 3.45. The van der Waals surface area contributed by atoms with E-state index in [0.29, 0.717) is 23.5 Å². The van der Waals surface area contributed by atoms with Crippen LogP contribution < -0.4 is 9.86 Å². The summed E-state index contributed by atoms with van der Waals surface area (Å²) in [4.78, 5) is 17.7. The molecular weight excluding hydrogens is 484 g/mol. The number of sulfonamides is 1. The van der Waals surface area contributed by atoms with Crippen LogP contribution in [0.5, 0.6) is 0 Å². The Balaban J connectivity index is 0.00000342. The molecule has 184 valence electrons. The minimum atomic E-state index is -3.79. The molecule has 0 amide bonds. The summed E-state index contributed by atoms with van der Waals surface area (Å²) < 4.78 is 29.2. The van der Waals surface area contributed by atoms with Gasteiger partial charge in [-0.3, -0.25) is 14.2 Å². The maximum absolute atomic E-state index is 13.3. The van der Waals surface area contributed by atoms with Gasteiger partial charge in [-0.2, -0.15) is 0 Å². The maximum Gasteiger partial charge on any atom is 0.276 e. The molecule has 0 saturated heterocycles. The van der Waals surface area contributed by atoms with E-state index >= 15 is 0 Å². The Labute approximate surface area is 211 Å². The topological polar surface area (TPSA) is 88.1 Å². The van der Waals surface area contributed by atoms with E-state index in [9.17, 15) is 13.2 Å². The van der Waals surface area contributed by atoms with E-state index in [1.54, 1.807) is 37.3 Å². The van der Waals surface area contributed by atoms with Crippen LogP contribution in [0.25, 0.3) is 5.82 Å². The van der Waals surface area contributed by atoms with E-state index < -0.39 is 10.0 Å². The Morgan fingerprint density at radius 2 is 1.60 bits per heavy atom. The van der Waals surface area contributed by atoms with Gasteiger partial charge < -0.3 is 0 Å². The Hall–Kier alpha value is -3.36. The average molecular weight is 513 g/mol. The van der Waals surface area contributed by atoms with Crippen LogP contribution in [0.3, 0.4) is 0 Å². The smallest absolute Gasteiger partial charge is 0.276 e. The van der Waals surface area contributed by atoms with Gasteiger partial charge >= 0.3 is 0 Å². The number of pyridine rings is 1. The van der Waals surface area contributed by atoms with Crippen LogP contribution in [-0.2, 0) is 22.9 Å². The minimum Gasteiger partial charge on any atom is -0.293 e. The summed E-state index contributed by atoms with van der Waals surface area (Å²) >= 11 is 0. The molecule has 0 spiro atoms. The highest BCUT2D eigenvalue weighted by Crippen LogP contribution is 2.23. The quantitative estimate of drug-likeness (QED) is 0.351. The molecule has 35 heavy (non-hydrogen) atoms. The molecule has 4 aromatic rings. The molecule has 0 aliphatic heterocycles. The molecule has 0 aliphatic carbocycles. The first-order valence-electron chi connectivity index (χ1n) is 11.4. The molecule has 0 saturated carbocycles. The van der Waals surface area contributed by atoms with Crippen molar-refractivity contribution >= 4 is 28.1 Å². The number of nitrogens with one attached hydrogen (secondary N) is 1. The number of para-hydroxylation sites is 1. The molecule has 1 N–H and O–H groups in total. The molecule has 2 heterocycles. The van der Waals surface area contributed by atoms with E-state index in [-0.39, 0.29) is 29.4 Å². The number of aromatic amines is 1. The van der Waals surface area contributed by atoms with Crippen LogP contribution >= 0.6 is 12.4 Å². The standard InChI is InChI=1S/C26H28N4O3S.ClH/c1-3-11-24-23(18-20-12-7-5-8-13-20)26(31)30(28-24)25-17-16-22(19-27-25)34(32,33)29(4-2)21-14-9-6-10-15-21;/h5-10,12-17,19,28H,3-4,11,18H2,1-2H3;1H. The second kappa shape index (κ2) is 11.4. The predicted octanol–water partition coefficient (Wildman–Crippen LogP) is 4.74. The first-order chi connectivity index (χ1) is 16.5. The number of aromatic nitrogens is 3. The van der Waals surface area contributed by atoms with Gasteiger partial charge in [-0.1, -0.05) is 61.9 Å². The molecule has 2 aromatic heterocycles.